The molecule has 0 aliphatic carbocycles. The summed E-state index contributed by atoms with van der Waals surface area (Å²) >= 11 is 1.59. The zero-order chi connectivity index (χ0) is 24.6. The van der Waals surface area contributed by atoms with Gasteiger partial charge in [0.25, 0.3) is 5.56 Å². The highest BCUT2D eigenvalue weighted by atomic mass is 32.1. The van der Waals surface area contributed by atoms with Crippen LogP contribution in [0.3, 0.4) is 0 Å². The molecule has 0 saturated carbocycles. The molecule has 0 radical (unpaired) electrons. The van der Waals surface area contributed by atoms with Crippen LogP contribution in [0.25, 0.3) is 27.8 Å². The summed E-state index contributed by atoms with van der Waals surface area (Å²) in [5, 5.41) is 5.97. The van der Waals surface area contributed by atoms with Gasteiger partial charge in [0.2, 0.25) is 0 Å². The summed E-state index contributed by atoms with van der Waals surface area (Å²) in [7, 11) is 3.12. The molecule has 1 N–H and O–H groups in total. The fraction of sp³-hybridized carbons (Fsp3) is 0.185. The van der Waals surface area contributed by atoms with E-state index in [9.17, 15) is 9.59 Å². The van der Waals surface area contributed by atoms with Crippen LogP contribution in [0.2, 0.25) is 0 Å². The Kier molecular flexibility index (Phi) is 4.66. The molecule has 0 fully saturated rings. The van der Waals surface area contributed by atoms with Crippen LogP contribution < -0.4 is 16.6 Å². The lowest BCUT2D eigenvalue weighted by molar-refractivity contribution is 0.630. The van der Waals surface area contributed by atoms with Gasteiger partial charge in [0.05, 0.1) is 33.7 Å². The van der Waals surface area contributed by atoms with Crippen molar-refractivity contribution in [2.24, 2.45) is 14.1 Å². The summed E-state index contributed by atoms with van der Waals surface area (Å²) < 4.78 is 19.9. The molecule has 35 heavy (non-hydrogen) atoms. The molecule has 0 amide bonds. The van der Waals surface area contributed by atoms with Gasteiger partial charge < -0.3 is 9.88 Å². The number of hydrogen-bond donors (Lipinski definition) is 1. The van der Waals surface area contributed by atoms with Crippen molar-refractivity contribution in [2.45, 2.75) is 19.9 Å². The summed E-state index contributed by atoms with van der Waals surface area (Å²) in [5.41, 5.74) is 5.05. The second-order valence-corrected chi connectivity index (χ2v) is 10.0. The molecule has 1 atom stereocenters. The molecular weight excluding hydrogens is 463 g/mol. The summed E-state index contributed by atoms with van der Waals surface area (Å²) in [4.78, 5) is 27.7. The maximum Gasteiger partial charge on any atom is 0.331 e. The van der Waals surface area contributed by atoms with E-state index in [1.165, 1.54) is 17.7 Å². The van der Waals surface area contributed by atoms with E-state index in [0.717, 1.165) is 37.6 Å². The molecule has 6 nitrogen and oxygen atoms in total. The van der Waals surface area contributed by atoms with Gasteiger partial charge in [-0.2, -0.15) is 0 Å². The van der Waals surface area contributed by atoms with Gasteiger partial charge in [0.1, 0.15) is 11.9 Å². The summed E-state index contributed by atoms with van der Waals surface area (Å²) in [6, 6.07) is 14.3. The summed E-state index contributed by atoms with van der Waals surface area (Å²) in [6.07, 6.45) is 0. The van der Waals surface area contributed by atoms with Gasteiger partial charge in [-0.05, 0) is 60.7 Å². The normalized spacial score (nSPS) is 14.6. The third kappa shape index (κ3) is 2.93. The maximum absolute atomic E-state index is 15.3. The highest BCUT2D eigenvalue weighted by Gasteiger charge is 2.36. The van der Waals surface area contributed by atoms with E-state index in [4.69, 9.17) is 0 Å². The molecule has 4 heterocycles. The molecule has 5 aromatic rings. The van der Waals surface area contributed by atoms with Gasteiger partial charge in [-0.25, -0.2) is 9.18 Å². The third-order valence-corrected chi connectivity index (χ3v) is 7.93. The molecule has 176 valence electrons. The van der Waals surface area contributed by atoms with E-state index in [1.54, 1.807) is 36.6 Å². The number of nitrogens with one attached hydrogen (secondary N) is 1. The lowest BCUT2D eigenvalue weighted by Gasteiger charge is -2.31. The number of aromatic nitrogens is 3. The van der Waals surface area contributed by atoms with Gasteiger partial charge in [-0.1, -0.05) is 18.2 Å². The van der Waals surface area contributed by atoms with Crippen molar-refractivity contribution in [3.63, 3.8) is 0 Å². The number of benzene rings is 2. The second-order valence-electron chi connectivity index (χ2n) is 9.02. The molecule has 0 spiro atoms. The van der Waals surface area contributed by atoms with Crippen molar-refractivity contribution >= 4 is 27.9 Å². The number of aryl methyl sites for hydroxylation is 3. The Labute approximate surface area is 204 Å². The summed E-state index contributed by atoms with van der Waals surface area (Å²) in [6.45, 7) is 4.08. The van der Waals surface area contributed by atoms with Crippen molar-refractivity contribution in [1.82, 2.24) is 13.7 Å². The molecule has 0 bridgehead atoms. The number of hydrogen-bond acceptors (Lipinski definition) is 4. The van der Waals surface area contributed by atoms with E-state index in [-0.39, 0.29) is 6.04 Å². The van der Waals surface area contributed by atoms with Crippen LogP contribution in [-0.2, 0) is 14.1 Å². The van der Waals surface area contributed by atoms with Crippen LogP contribution in [0.15, 0.2) is 63.5 Å². The largest absolute Gasteiger partial charge is 0.370 e. The average Bonchev–Trinajstić information content (AvgIpc) is 3.49. The first-order valence-corrected chi connectivity index (χ1v) is 12.2. The zero-order valence-corrected chi connectivity index (χ0v) is 20.5. The summed E-state index contributed by atoms with van der Waals surface area (Å²) in [5.74, 6) is -0.429. The predicted molar refractivity (Wildman–Crippen MR) is 138 cm³/mol. The molecule has 1 unspecified atom stereocenters. The second kappa shape index (κ2) is 7.55. The zero-order valence-electron chi connectivity index (χ0n) is 19.7. The molecule has 1 aliphatic rings. The minimum atomic E-state index is -0.446. The quantitative estimate of drug-likeness (QED) is 0.381. The molecule has 0 saturated heterocycles. The lowest BCUT2D eigenvalue weighted by Crippen LogP contribution is -2.37. The van der Waals surface area contributed by atoms with Crippen LogP contribution in [0.5, 0.6) is 0 Å². The number of fused-ring (bicyclic) bond motifs is 5. The fourth-order valence-corrected chi connectivity index (χ4v) is 5.88. The standard InChI is InChI=1S/C27H23FN4O2S/c1-14-12-18-19(13-15(14)2)32-23(16-8-5-6-9-17(16)28)21-24(30(3)27(34)31(4)26(21)33)25(32)22(29-18)20-10-7-11-35-20/h5-13,22,29H,1-4H3. The van der Waals surface area contributed by atoms with Crippen molar-refractivity contribution in [3.8, 4) is 16.9 Å². The maximum atomic E-state index is 15.3. The van der Waals surface area contributed by atoms with Crippen molar-refractivity contribution in [1.29, 1.82) is 0 Å². The number of rotatable bonds is 2. The monoisotopic (exact) mass is 486 g/mol. The highest BCUT2D eigenvalue weighted by molar-refractivity contribution is 7.10. The Bertz CT molecular complexity index is 1780. The van der Waals surface area contributed by atoms with Gasteiger partial charge in [-0.3, -0.25) is 13.9 Å². The number of anilines is 1. The Morgan fingerprint density at radius 1 is 0.971 bits per heavy atom. The molecule has 6 rings (SSSR count). The first kappa shape index (κ1) is 21.6. The SMILES string of the molecule is Cc1cc2c(cc1C)-n1c(-c3ccccc3F)c3c(=O)n(C)c(=O)n(C)c3c1C(c1cccs1)N2. The average molecular weight is 487 g/mol. The Balaban J connectivity index is 1.92. The van der Waals surface area contributed by atoms with Gasteiger partial charge in [-0.15, -0.1) is 11.3 Å². The van der Waals surface area contributed by atoms with Crippen LogP contribution in [0.4, 0.5) is 10.1 Å². The minimum absolute atomic E-state index is 0.315. The number of thiophene rings is 1. The Morgan fingerprint density at radius 2 is 1.71 bits per heavy atom. The molecule has 2 aromatic carbocycles. The van der Waals surface area contributed by atoms with Crippen molar-refractivity contribution in [3.05, 3.63) is 102 Å². The van der Waals surface area contributed by atoms with E-state index in [0.29, 0.717) is 22.2 Å². The van der Waals surface area contributed by atoms with Gasteiger partial charge in [0.15, 0.2) is 0 Å². The lowest BCUT2D eigenvalue weighted by atomic mass is 10.0. The van der Waals surface area contributed by atoms with Gasteiger partial charge >= 0.3 is 5.69 Å². The smallest absolute Gasteiger partial charge is 0.331 e. The third-order valence-electron chi connectivity index (χ3n) is 6.99. The highest BCUT2D eigenvalue weighted by Crippen LogP contribution is 2.47. The van der Waals surface area contributed by atoms with E-state index < -0.39 is 17.1 Å². The molecule has 1 aliphatic heterocycles. The number of halogens is 1. The van der Waals surface area contributed by atoms with E-state index in [2.05, 4.69) is 24.4 Å². The van der Waals surface area contributed by atoms with Crippen LogP contribution in [0.1, 0.15) is 27.7 Å². The first-order chi connectivity index (χ1) is 16.8. The Hall–Kier alpha value is -3.91. The Morgan fingerprint density at radius 3 is 2.43 bits per heavy atom. The van der Waals surface area contributed by atoms with Crippen LogP contribution >= 0.6 is 11.3 Å². The van der Waals surface area contributed by atoms with Crippen LogP contribution in [0, 0.1) is 19.7 Å². The molecular formula is C27H23FN4O2S. The van der Waals surface area contributed by atoms with Crippen LogP contribution in [-0.4, -0.2) is 13.7 Å². The fourth-order valence-electron chi connectivity index (χ4n) is 5.11. The van der Waals surface area contributed by atoms with E-state index >= 15 is 4.39 Å². The van der Waals surface area contributed by atoms with Crippen molar-refractivity contribution < 1.29 is 4.39 Å². The van der Waals surface area contributed by atoms with E-state index in [1.807, 2.05) is 29.0 Å². The number of nitrogens with zero attached hydrogens (tertiary/aromatic N) is 3. The minimum Gasteiger partial charge on any atom is -0.370 e. The first-order valence-electron chi connectivity index (χ1n) is 11.3. The molecule has 8 heteroatoms. The van der Waals surface area contributed by atoms with Gasteiger partial charge in [0, 0.05) is 24.5 Å². The topological polar surface area (TPSA) is 61.0 Å². The molecule has 3 aromatic heterocycles. The van der Waals surface area contributed by atoms with Crippen molar-refractivity contribution in [2.75, 3.05) is 5.32 Å². The predicted octanol–water partition coefficient (Wildman–Crippen LogP) is 5.03.